The summed E-state index contributed by atoms with van der Waals surface area (Å²) in [7, 11) is -2.89. The van der Waals surface area contributed by atoms with Gasteiger partial charge in [0, 0.05) is 11.6 Å². The highest BCUT2D eigenvalue weighted by molar-refractivity contribution is 7.91. The van der Waals surface area contributed by atoms with E-state index in [2.05, 4.69) is 5.32 Å². The number of sulfone groups is 1. The molecule has 1 aromatic carbocycles. The standard InChI is InChI=1S/C15H18ClNO3S/c16-13-3-1-12(2-4-13)15(6-7-15)14(18)17-9-11-5-8-21(19,20)10-11/h1-4,11H,5-10H2,(H,17,18). The molecule has 1 N–H and O–H groups in total. The van der Waals surface area contributed by atoms with Crippen molar-refractivity contribution in [1.82, 2.24) is 5.32 Å². The van der Waals surface area contributed by atoms with E-state index < -0.39 is 15.3 Å². The van der Waals surface area contributed by atoms with E-state index in [1.54, 1.807) is 12.1 Å². The molecule has 0 spiro atoms. The first-order valence-electron chi connectivity index (χ1n) is 7.16. The highest BCUT2D eigenvalue weighted by atomic mass is 35.5. The van der Waals surface area contributed by atoms with Crippen LogP contribution in [-0.4, -0.2) is 32.4 Å². The molecule has 0 aromatic heterocycles. The molecule has 1 aliphatic heterocycles. The van der Waals surface area contributed by atoms with E-state index in [9.17, 15) is 13.2 Å². The minimum absolute atomic E-state index is 0.00844. The summed E-state index contributed by atoms with van der Waals surface area (Å²) in [6, 6.07) is 7.39. The van der Waals surface area contributed by atoms with Crippen LogP contribution in [0.15, 0.2) is 24.3 Å². The molecule has 1 heterocycles. The number of halogens is 1. The highest BCUT2D eigenvalue weighted by Gasteiger charge is 2.51. The number of carbonyl (C=O) groups is 1. The van der Waals surface area contributed by atoms with E-state index in [1.807, 2.05) is 12.1 Å². The molecular formula is C15H18ClNO3S. The first kappa shape index (κ1) is 14.9. The van der Waals surface area contributed by atoms with E-state index in [4.69, 9.17) is 11.6 Å². The van der Waals surface area contributed by atoms with Gasteiger partial charge in [-0.2, -0.15) is 0 Å². The minimum atomic E-state index is -2.89. The number of benzene rings is 1. The molecule has 0 bridgehead atoms. The Balaban J connectivity index is 1.62. The van der Waals surface area contributed by atoms with E-state index in [0.717, 1.165) is 18.4 Å². The number of rotatable bonds is 4. The third kappa shape index (κ3) is 3.09. The lowest BCUT2D eigenvalue weighted by molar-refractivity contribution is -0.123. The van der Waals surface area contributed by atoms with Gasteiger partial charge in [-0.1, -0.05) is 23.7 Å². The zero-order chi connectivity index (χ0) is 15.1. The molecule has 1 aromatic rings. The summed E-state index contributed by atoms with van der Waals surface area (Å²) in [5.41, 5.74) is 0.561. The van der Waals surface area contributed by atoms with Gasteiger partial charge < -0.3 is 5.32 Å². The van der Waals surface area contributed by atoms with Crippen LogP contribution in [-0.2, 0) is 20.0 Å². The van der Waals surface area contributed by atoms with Crippen molar-refractivity contribution in [2.24, 2.45) is 5.92 Å². The summed E-state index contributed by atoms with van der Waals surface area (Å²) in [6.07, 6.45) is 2.32. The maximum absolute atomic E-state index is 12.4. The van der Waals surface area contributed by atoms with Crippen LogP contribution in [0.25, 0.3) is 0 Å². The molecule has 1 amide bonds. The Labute approximate surface area is 129 Å². The average molecular weight is 328 g/mol. The molecule has 1 saturated carbocycles. The summed E-state index contributed by atoms with van der Waals surface area (Å²) in [5.74, 6) is 0.506. The zero-order valence-electron chi connectivity index (χ0n) is 11.6. The largest absolute Gasteiger partial charge is 0.355 e. The highest BCUT2D eigenvalue weighted by Crippen LogP contribution is 2.48. The van der Waals surface area contributed by atoms with Crippen molar-refractivity contribution in [3.05, 3.63) is 34.9 Å². The molecule has 114 valence electrons. The molecule has 4 nitrogen and oxygen atoms in total. The second kappa shape index (κ2) is 5.29. The number of hydrogen-bond acceptors (Lipinski definition) is 3. The minimum Gasteiger partial charge on any atom is -0.355 e. The van der Waals surface area contributed by atoms with Gasteiger partial charge in [-0.3, -0.25) is 4.79 Å². The van der Waals surface area contributed by atoms with Gasteiger partial charge in [-0.25, -0.2) is 8.42 Å². The Morgan fingerprint density at radius 3 is 2.48 bits per heavy atom. The second-order valence-electron chi connectivity index (χ2n) is 6.07. The molecule has 2 fully saturated rings. The van der Waals surface area contributed by atoms with Gasteiger partial charge in [0.05, 0.1) is 16.9 Å². The predicted molar refractivity (Wildman–Crippen MR) is 82.1 cm³/mol. The zero-order valence-corrected chi connectivity index (χ0v) is 13.2. The van der Waals surface area contributed by atoms with E-state index in [0.29, 0.717) is 18.0 Å². The van der Waals surface area contributed by atoms with Crippen molar-refractivity contribution < 1.29 is 13.2 Å². The Kier molecular flexibility index (Phi) is 3.74. The first-order valence-corrected chi connectivity index (χ1v) is 9.36. The molecule has 2 aliphatic rings. The van der Waals surface area contributed by atoms with Gasteiger partial charge in [0.2, 0.25) is 5.91 Å². The lowest BCUT2D eigenvalue weighted by Crippen LogP contribution is -2.37. The molecule has 1 unspecified atom stereocenters. The van der Waals surface area contributed by atoms with E-state index in [-0.39, 0.29) is 23.3 Å². The van der Waals surface area contributed by atoms with Crippen molar-refractivity contribution >= 4 is 27.3 Å². The normalized spacial score (nSPS) is 25.5. The fourth-order valence-electron chi connectivity index (χ4n) is 2.98. The fourth-order valence-corrected chi connectivity index (χ4v) is 4.97. The molecule has 6 heteroatoms. The van der Waals surface area contributed by atoms with Crippen LogP contribution < -0.4 is 5.32 Å². The number of carbonyl (C=O) groups excluding carboxylic acids is 1. The summed E-state index contributed by atoms with van der Waals surface area (Å²) < 4.78 is 22.8. The van der Waals surface area contributed by atoms with Crippen molar-refractivity contribution in [3.8, 4) is 0 Å². The monoisotopic (exact) mass is 327 g/mol. The number of amides is 1. The van der Waals surface area contributed by atoms with E-state index >= 15 is 0 Å². The van der Waals surface area contributed by atoms with Gasteiger partial charge in [0.25, 0.3) is 0 Å². The van der Waals surface area contributed by atoms with Crippen LogP contribution in [0.3, 0.4) is 0 Å². The lowest BCUT2D eigenvalue weighted by Gasteiger charge is -2.17. The van der Waals surface area contributed by atoms with Crippen LogP contribution >= 0.6 is 11.6 Å². The number of nitrogens with one attached hydrogen (secondary N) is 1. The summed E-state index contributed by atoms with van der Waals surface area (Å²) in [6.45, 7) is 0.452. The Hall–Kier alpha value is -1.07. The van der Waals surface area contributed by atoms with Crippen LogP contribution in [0.1, 0.15) is 24.8 Å². The first-order chi connectivity index (χ1) is 9.91. The Bertz CT molecular complexity index is 650. The third-order valence-electron chi connectivity index (χ3n) is 4.46. The summed E-state index contributed by atoms with van der Waals surface area (Å²) >= 11 is 5.88. The van der Waals surface area contributed by atoms with Gasteiger partial charge in [0.1, 0.15) is 0 Å². The molecular weight excluding hydrogens is 310 g/mol. The molecule has 1 aliphatic carbocycles. The molecule has 3 rings (SSSR count). The van der Waals surface area contributed by atoms with Crippen molar-refractivity contribution in [2.75, 3.05) is 18.1 Å². The topological polar surface area (TPSA) is 63.2 Å². The maximum atomic E-state index is 12.4. The number of hydrogen-bond donors (Lipinski definition) is 1. The SMILES string of the molecule is O=C(NCC1CCS(=O)(=O)C1)C1(c2ccc(Cl)cc2)CC1. The van der Waals surface area contributed by atoms with Gasteiger partial charge in [-0.15, -0.1) is 0 Å². The fraction of sp³-hybridized carbons (Fsp3) is 0.533. The Morgan fingerprint density at radius 1 is 1.29 bits per heavy atom. The summed E-state index contributed by atoms with van der Waals surface area (Å²) in [5, 5.41) is 3.60. The van der Waals surface area contributed by atoms with E-state index in [1.165, 1.54) is 0 Å². The third-order valence-corrected chi connectivity index (χ3v) is 6.55. The second-order valence-corrected chi connectivity index (χ2v) is 8.73. The van der Waals surface area contributed by atoms with Crippen molar-refractivity contribution in [2.45, 2.75) is 24.7 Å². The molecule has 0 radical (unpaired) electrons. The van der Waals surface area contributed by atoms with Gasteiger partial charge in [-0.05, 0) is 42.9 Å². The van der Waals surface area contributed by atoms with Gasteiger partial charge >= 0.3 is 0 Å². The molecule has 21 heavy (non-hydrogen) atoms. The maximum Gasteiger partial charge on any atom is 0.230 e. The van der Waals surface area contributed by atoms with Crippen LogP contribution in [0.5, 0.6) is 0 Å². The van der Waals surface area contributed by atoms with Crippen LogP contribution in [0.2, 0.25) is 5.02 Å². The molecule has 1 atom stereocenters. The van der Waals surface area contributed by atoms with Crippen molar-refractivity contribution in [1.29, 1.82) is 0 Å². The van der Waals surface area contributed by atoms with Crippen molar-refractivity contribution in [3.63, 3.8) is 0 Å². The predicted octanol–water partition coefficient (Wildman–Crippen LogP) is 1.92. The average Bonchev–Trinajstić information content (AvgIpc) is 3.17. The lowest BCUT2D eigenvalue weighted by atomic mass is 9.95. The molecule has 1 saturated heterocycles. The summed E-state index contributed by atoms with van der Waals surface area (Å²) in [4.78, 5) is 12.4. The smallest absolute Gasteiger partial charge is 0.230 e. The van der Waals surface area contributed by atoms with Crippen LogP contribution in [0.4, 0.5) is 0 Å². The van der Waals surface area contributed by atoms with Crippen LogP contribution in [0, 0.1) is 5.92 Å². The quantitative estimate of drug-likeness (QED) is 0.919. The Morgan fingerprint density at radius 2 is 1.95 bits per heavy atom. The van der Waals surface area contributed by atoms with Gasteiger partial charge in [0.15, 0.2) is 9.84 Å².